The summed E-state index contributed by atoms with van der Waals surface area (Å²) >= 11 is 3.22. The van der Waals surface area contributed by atoms with Gasteiger partial charge in [0.25, 0.3) is 0 Å². The molecule has 0 bridgehead atoms. The number of nitrogens with zero attached hydrogens (tertiary/aromatic N) is 1. The standard InChI is InChI=1S/C13H18BrFN2/c14-12-6-10(3-4-13(12)15)8-17-5-1-2-11(7-16)9-17/h3-4,6,11H,1-2,5,7-9,16H2/t11-/m1/s1. The summed E-state index contributed by atoms with van der Waals surface area (Å²) in [5.74, 6) is 0.417. The minimum atomic E-state index is -0.202. The monoisotopic (exact) mass is 300 g/mol. The molecule has 1 atom stereocenters. The summed E-state index contributed by atoms with van der Waals surface area (Å²) in [6.45, 7) is 3.83. The molecule has 2 nitrogen and oxygen atoms in total. The van der Waals surface area contributed by atoms with Crippen LogP contribution in [0, 0.1) is 11.7 Å². The molecule has 2 N–H and O–H groups in total. The van der Waals surface area contributed by atoms with Crippen molar-refractivity contribution in [2.24, 2.45) is 11.7 Å². The quantitative estimate of drug-likeness (QED) is 0.930. The largest absolute Gasteiger partial charge is 0.330 e. The number of piperidine rings is 1. The molecule has 0 spiro atoms. The van der Waals surface area contributed by atoms with Crippen LogP contribution in [-0.4, -0.2) is 24.5 Å². The van der Waals surface area contributed by atoms with Crippen molar-refractivity contribution in [2.45, 2.75) is 19.4 Å². The molecule has 1 heterocycles. The summed E-state index contributed by atoms with van der Waals surface area (Å²) in [6.07, 6.45) is 2.45. The van der Waals surface area contributed by atoms with Gasteiger partial charge in [0.1, 0.15) is 5.82 Å². The van der Waals surface area contributed by atoms with Gasteiger partial charge < -0.3 is 5.73 Å². The first kappa shape index (κ1) is 13.0. The molecule has 4 heteroatoms. The highest BCUT2D eigenvalue weighted by atomic mass is 79.9. The van der Waals surface area contributed by atoms with Gasteiger partial charge in [-0.05, 0) is 65.5 Å². The van der Waals surface area contributed by atoms with Crippen molar-refractivity contribution in [1.29, 1.82) is 0 Å². The Bertz CT molecular complexity index is 384. The molecule has 0 saturated carbocycles. The Hall–Kier alpha value is -0.450. The van der Waals surface area contributed by atoms with Crippen molar-refractivity contribution in [3.05, 3.63) is 34.1 Å². The number of benzene rings is 1. The van der Waals surface area contributed by atoms with Crippen molar-refractivity contribution in [3.63, 3.8) is 0 Å². The number of hydrogen-bond acceptors (Lipinski definition) is 2. The maximum absolute atomic E-state index is 13.1. The fraction of sp³-hybridized carbons (Fsp3) is 0.538. The van der Waals surface area contributed by atoms with Crippen LogP contribution in [0.3, 0.4) is 0 Å². The van der Waals surface area contributed by atoms with Gasteiger partial charge in [-0.3, -0.25) is 4.90 Å². The number of halogens is 2. The lowest BCUT2D eigenvalue weighted by molar-refractivity contribution is 0.171. The molecule has 0 amide bonds. The summed E-state index contributed by atoms with van der Waals surface area (Å²) in [7, 11) is 0. The zero-order chi connectivity index (χ0) is 12.3. The SMILES string of the molecule is NC[C@H]1CCCN(Cc2ccc(F)c(Br)c2)C1. The summed E-state index contributed by atoms with van der Waals surface area (Å²) in [4.78, 5) is 2.40. The van der Waals surface area contributed by atoms with Crippen molar-refractivity contribution in [1.82, 2.24) is 4.90 Å². The second-order valence-corrected chi connectivity index (χ2v) is 5.58. The van der Waals surface area contributed by atoms with E-state index in [0.29, 0.717) is 10.4 Å². The van der Waals surface area contributed by atoms with E-state index in [1.165, 1.54) is 18.9 Å². The third-order valence-corrected chi connectivity index (χ3v) is 3.93. The first-order valence-corrected chi connectivity index (χ1v) is 6.84. The molecular formula is C13H18BrFN2. The molecule has 2 rings (SSSR count). The Morgan fingerprint density at radius 2 is 2.29 bits per heavy atom. The van der Waals surface area contributed by atoms with Gasteiger partial charge in [0, 0.05) is 13.1 Å². The maximum atomic E-state index is 13.1. The third-order valence-electron chi connectivity index (χ3n) is 3.33. The molecule has 1 saturated heterocycles. The maximum Gasteiger partial charge on any atom is 0.137 e. The Labute approximate surface area is 110 Å². The second kappa shape index (κ2) is 5.94. The second-order valence-electron chi connectivity index (χ2n) is 4.73. The highest BCUT2D eigenvalue weighted by Gasteiger charge is 2.18. The molecule has 0 radical (unpaired) electrons. The lowest BCUT2D eigenvalue weighted by Crippen LogP contribution is -2.37. The zero-order valence-corrected chi connectivity index (χ0v) is 11.4. The van der Waals surface area contributed by atoms with Crippen LogP contribution in [0.1, 0.15) is 18.4 Å². The van der Waals surface area contributed by atoms with Gasteiger partial charge in [0.05, 0.1) is 4.47 Å². The van der Waals surface area contributed by atoms with E-state index in [1.54, 1.807) is 0 Å². The summed E-state index contributed by atoms with van der Waals surface area (Å²) in [5, 5.41) is 0. The molecule has 0 aromatic heterocycles. The molecule has 1 aliphatic heterocycles. The predicted molar refractivity (Wildman–Crippen MR) is 71.2 cm³/mol. The summed E-state index contributed by atoms with van der Waals surface area (Å²) in [6, 6.07) is 5.23. The van der Waals surface area contributed by atoms with Crippen molar-refractivity contribution in [3.8, 4) is 0 Å². The Morgan fingerprint density at radius 3 is 3.00 bits per heavy atom. The van der Waals surface area contributed by atoms with Crippen LogP contribution < -0.4 is 5.73 Å². The highest BCUT2D eigenvalue weighted by Crippen LogP contribution is 2.21. The van der Waals surface area contributed by atoms with Gasteiger partial charge in [-0.2, -0.15) is 0 Å². The molecule has 1 aliphatic rings. The Morgan fingerprint density at radius 1 is 1.47 bits per heavy atom. The van der Waals surface area contributed by atoms with Crippen LogP contribution in [0.2, 0.25) is 0 Å². The number of nitrogens with two attached hydrogens (primary N) is 1. The molecule has 1 aromatic carbocycles. The number of rotatable bonds is 3. The number of hydrogen-bond donors (Lipinski definition) is 1. The fourth-order valence-corrected chi connectivity index (χ4v) is 2.81. The smallest absolute Gasteiger partial charge is 0.137 e. The Balaban J connectivity index is 1.97. The lowest BCUT2D eigenvalue weighted by atomic mass is 9.98. The van der Waals surface area contributed by atoms with Crippen LogP contribution in [0.4, 0.5) is 4.39 Å². The van der Waals surface area contributed by atoms with Gasteiger partial charge in [-0.15, -0.1) is 0 Å². The topological polar surface area (TPSA) is 29.3 Å². The van der Waals surface area contributed by atoms with Gasteiger partial charge in [0.15, 0.2) is 0 Å². The van der Waals surface area contributed by atoms with E-state index in [1.807, 2.05) is 12.1 Å². The van der Waals surface area contributed by atoms with Crippen molar-refractivity contribution >= 4 is 15.9 Å². The predicted octanol–water partition coefficient (Wildman–Crippen LogP) is 2.76. The third kappa shape index (κ3) is 3.50. The summed E-state index contributed by atoms with van der Waals surface area (Å²) in [5.41, 5.74) is 6.87. The highest BCUT2D eigenvalue weighted by molar-refractivity contribution is 9.10. The van der Waals surface area contributed by atoms with Gasteiger partial charge in [-0.1, -0.05) is 6.07 Å². The zero-order valence-electron chi connectivity index (χ0n) is 9.83. The molecular weight excluding hydrogens is 283 g/mol. The van der Waals surface area contributed by atoms with E-state index in [9.17, 15) is 4.39 Å². The van der Waals surface area contributed by atoms with E-state index >= 15 is 0 Å². The molecule has 17 heavy (non-hydrogen) atoms. The minimum absolute atomic E-state index is 0.202. The van der Waals surface area contributed by atoms with Crippen LogP contribution in [-0.2, 0) is 6.54 Å². The van der Waals surface area contributed by atoms with Crippen LogP contribution in [0.15, 0.2) is 22.7 Å². The average molecular weight is 301 g/mol. The van der Waals surface area contributed by atoms with Crippen LogP contribution in [0.25, 0.3) is 0 Å². The molecule has 0 unspecified atom stereocenters. The molecule has 0 aliphatic carbocycles. The van der Waals surface area contributed by atoms with Gasteiger partial charge in [-0.25, -0.2) is 4.39 Å². The van der Waals surface area contributed by atoms with Crippen LogP contribution >= 0.6 is 15.9 Å². The first-order valence-electron chi connectivity index (χ1n) is 6.05. The van der Waals surface area contributed by atoms with E-state index in [4.69, 9.17) is 5.73 Å². The van der Waals surface area contributed by atoms with E-state index in [-0.39, 0.29) is 5.82 Å². The summed E-state index contributed by atoms with van der Waals surface area (Å²) < 4.78 is 13.7. The van der Waals surface area contributed by atoms with Crippen LogP contribution in [0.5, 0.6) is 0 Å². The average Bonchev–Trinajstić information content (AvgIpc) is 2.34. The van der Waals surface area contributed by atoms with E-state index in [0.717, 1.165) is 31.7 Å². The minimum Gasteiger partial charge on any atom is -0.330 e. The van der Waals surface area contributed by atoms with Crippen molar-refractivity contribution < 1.29 is 4.39 Å². The molecule has 1 aromatic rings. The molecule has 1 fully saturated rings. The number of likely N-dealkylation sites (tertiary alicyclic amines) is 1. The fourth-order valence-electron chi connectivity index (χ4n) is 2.38. The van der Waals surface area contributed by atoms with E-state index in [2.05, 4.69) is 20.8 Å². The van der Waals surface area contributed by atoms with Crippen molar-refractivity contribution in [2.75, 3.05) is 19.6 Å². The lowest BCUT2D eigenvalue weighted by Gasteiger charge is -2.32. The van der Waals surface area contributed by atoms with E-state index < -0.39 is 0 Å². The first-order chi connectivity index (χ1) is 8.19. The van der Waals surface area contributed by atoms with Gasteiger partial charge in [0.2, 0.25) is 0 Å². The Kier molecular flexibility index (Phi) is 4.54. The van der Waals surface area contributed by atoms with Gasteiger partial charge >= 0.3 is 0 Å². The molecule has 94 valence electrons. The normalized spacial score (nSPS) is 21.7.